The van der Waals surface area contributed by atoms with Crippen LogP contribution in [0, 0.1) is 11.8 Å². The summed E-state index contributed by atoms with van der Waals surface area (Å²) in [5.74, 6) is 0.323. The van der Waals surface area contributed by atoms with Crippen LogP contribution in [0.5, 0.6) is 0 Å². The first kappa shape index (κ1) is 21.2. The zero-order valence-electron chi connectivity index (χ0n) is 15.8. The normalized spacial score (nSPS) is 32.7. The number of hydrogen-bond acceptors (Lipinski definition) is 4. The molecule has 3 N–H and O–H groups in total. The largest absolute Gasteiger partial charge is 1.00 e. The summed E-state index contributed by atoms with van der Waals surface area (Å²) in [7, 11) is 0. The van der Waals surface area contributed by atoms with E-state index in [2.05, 4.69) is 5.32 Å². The molecule has 1 amide bonds. The maximum Gasteiger partial charge on any atom is 0.258 e. The third-order valence-electron chi connectivity index (χ3n) is 7.18. The molecule has 5 rings (SSSR count). The van der Waals surface area contributed by atoms with Crippen molar-refractivity contribution >= 4 is 17.2 Å². The van der Waals surface area contributed by atoms with Crippen LogP contribution in [0.2, 0.25) is 0 Å². The number of hydrogen-bond donors (Lipinski definition) is 3. The summed E-state index contributed by atoms with van der Waals surface area (Å²) in [6, 6.07) is 3.94. The first-order valence-corrected chi connectivity index (χ1v) is 11.0. The van der Waals surface area contributed by atoms with Gasteiger partial charge in [-0.2, -0.15) is 0 Å². The van der Waals surface area contributed by atoms with E-state index in [0.29, 0.717) is 5.92 Å². The molecule has 27 heavy (non-hydrogen) atoms. The number of rotatable bonds is 6. The molecular formula is C20H31BrN2O3S. The van der Waals surface area contributed by atoms with Gasteiger partial charge in [-0.05, 0) is 30.2 Å². The van der Waals surface area contributed by atoms with Gasteiger partial charge in [-0.1, -0.05) is 18.9 Å². The summed E-state index contributed by atoms with van der Waals surface area (Å²) in [5.41, 5.74) is -1.39. The zero-order chi connectivity index (χ0) is 18.2. The molecular weight excluding hydrogens is 428 g/mol. The van der Waals surface area contributed by atoms with E-state index < -0.39 is 5.60 Å². The van der Waals surface area contributed by atoms with Gasteiger partial charge in [0.05, 0.1) is 32.3 Å². The molecule has 1 aromatic rings. The highest BCUT2D eigenvalue weighted by molar-refractivity contribution is 7.10. The lowest BCUT2D eigenvalue weighted by Gasteiger charge is -2.53. The summed E-state index contributed by atoms with van der Waals surface area (Å²) in [4.78, 5) is 14.1. The highest BCUT2D eigenvalue weighted by atomic mass is 79.9. The van der Waals surface area contributed by atoms with Crippen LogP contribution in [-0.2, 0) is 10.4 Å². The number of quaternary nitrogens is 1. The van der Waals surface area contributed by atoms with Crippen molar-refractivity contribution in [2.45, 2.75) is 50.2 Å². The highest BCUT2D eigenvalue weighted by Gasteiger charge is 2.51. The number of carbonyl (C=O) groups is 1. The third-order valence-corrected chi connectivity index (χ3v) is 8.18. The first-order chi connectivity index (χ1) is 12.6. The second kappa shape index (κ2) is 8.49. The molecule has 4 fully saturated rings. The fourth-order valence-corrected chi connectivity index (χ4v) is 6.49. The third kappa shape index (κ3) is 3.86. The standard InChI is InChI=1S/C20H30N2O3S.BrH/c23-12-11-22-9-7-15(8-10-22)17(14-22)21-19(24)20(25,16-4-1-2-5-16)18-6-3-13-26-18;/h3,6,13,15-17,23,25H,1-2,4-5,7-12,14H2;1H/t15?,17-,20?,22?;/m0./s1. The van der Waals surface area contributed by atoms with Gasteiger partial charge in [-0.25, -0.2) is 0 Å². The van der Waals surface area contributed by atoms with Gasteiger partial charge in [0.2, 0.25) is 0 Å². The summed E-state index contributed by atoms with van der Waals surface area (Å²) >= 11 is 1.48. The minimum absolute atomic E-state index is 0. The van der Waals surface area contributed by atoms with E-state index >= 15 is 0 Å². The molecule has 0 spiro atoms. The first-order valence-electron chi connectivity index (χ1n) is 10.1. The molecule has 3 aliphatic heterocycles. The van der Waals surface area contributed by atoms with E-state index in [4.69, 9.17) is 0 Å². The molecule has 0 radical (unpaired) electrons. The molecule has 4 heterocycles. The Morgan fingerprint density at radius 2 is 1.96 bits per heavy atom. The summed E-state index contributed by atoms with van der Waals surface area (Å²) < 4.78 is 0.915. The Balaban J connectivity index is 0.00000210. The monoisotopic (exact) mass is 458 g/mol. The molecule has 4 aliphatic rings. The predicted octanol–water partition coefficient (Wildman–Crippen LogP) is -1.15. The lowest BCUT2D eigenvalue weighted by atomic mass is 9.79. The van der Waals surface area contributed by atoms with Gasteiger partial charge in [0.25, 0.3) is 5.91 Å². The average Bonchev–Trinajstić information content (AvgIpc) is 3.36. The number of halogens is 1. The van der Waals surface area contributed by atoms with Gasteiger partial charge >= 0.3 is 0 Å². The van der Waals surface area contributed by atoms with E-state index in [0.717, 1.165) is 74.1 Å². The van der Waals surface area contributed by atoms with Gasteiger partial charge in [0.15, 0.2) is 5.60 Å². The van der Waals surface area contributed by atoms with Crippen molar-refractivity contribution in [3.8, 4) is 0 Å². The van der Waals surface area contributed by atoms with Crippen molar-refractivity contribution in [3.63, 3.8) is 0 Å². The fourth-order valence-electron chi connectivity index (χ4n) is 5.59. The van der Waals surface area contributed by atoms with Crippen molar-refractivity contribution in [3.05, 3.63) is 22.4 Å². The SMILES string of the molecule is O=C(N[C@H]1C[N+]2(CCO)CCC1CC2)C(O)(c1cccs1)C1CCCC1.[Br-]. The summed E-state index contributed by atoms with van der Waals surface area (Å²) in [5, 5.41) is 26.2. The van der Waals surface area contributed by atoms with Crippen molar-refractivity contribution in [2.24, 2.45) is 11.8 Å². The van der Waals surface area contributed by atoms with Crippen LogP contribution in [-0.4, -0.2) is 59.4 Å². The highest BCUT2D eigenvalue weighted by Crippen LogP contribution is 2.43. The van der Waals surface area contributed by atoms with Crippen LogP contribution in [0.3, 0.4) is 0 Å². The van der Waals surface area contributed by atoms with E-state index in [1.54, 1.807) is 0 Å². The number of aliphatic hydroxyl groups excluding tert-OH is 1. The Bertz CT molecular complexity index is 622. The molecule has 7 heteroatoms. The van der Waals surface area contributed by atoms with Crippen molar-refractivity contribution in [1.82, 2.24) is 5.32 Å². The molecule has 5 nitrogen and oxygen atoms in total. The molecule has 0 aromatic carbocycles. The number of fused-ring (bicyclic) bond motifs is 3. The van der Waals surface area contributed by atoms with Gasteiger partial charge in [-0.3, -0.25) is 4.79 Å². The van der Waals surface area contributed by atoms with Crippen molar-refractivity contribution < 1.29 is 36.5 Å². The van der Waals surface area contributed by atoms with Crippen LogP contribution < -0.4 is 22.3 Å². The fraction of sp³-hybridized carbons (Fsp3) is 0.750. The average molecular weight is 459 g/mol. The molecule has 2 atom stereocenters. The summed E-state index contributed by atoms with van der Waals surface area (Å²) in [6.07, 6.45) is 6.22. The number of aliphatic hydroxyl groups is 2. The van der Waals surface area contributed by atoms with Crippen LogP contribution in [0.15, 0.2) is 17.5 Å². The number of nitrogens with one attached hydrogen (secondary N) is 1. The number of piperidine rings is 3. The maximum atomic E-state index is 13.3. The Kier molecular flexibility index (Phi) is 6.68. The minimum atomic E-state index is -1.39. The number of carbonyl (C=O) groups excluding carboxylic acids is 1. The van der Waals surface area contributed by atoms with Crippen LogP contribution in [0.1, 0.15) is 43.4 Å². The minimum Gasteiger partial charge on any atom is -1.00 e. The lowest BCUT2D eigenvalue weighted by Crippen LogP contribution is -3.00. The Morgan fingerprint density at radius 1 is 1.26 bits per heavy atom. The second-order valence-electron chi connectivity index (χ2n) is 8.56. The smallest absolute Gasteiger partial charge is 0.258 e. The molecule has 1 aromatic heterocycles. The number of thiophene rings is 1. The van der Waals surface area contributed by atoms with E-state index in [-0.39, 0.29) is 41.5 Å². The zero-order valence-corrected chi connectivity index (χ0v) is 18.2. The molecule has 1 aliphatic carbocycles. The Hall–Kier alpha value is -0.470. The van der Waals surface area contributed by atoms with Crippen LogP contribution in [0.4, 0.5) is 0 Å². The molecule has 152 valence electrons. The number of nitrogens with zero attached hydrogens (tertiary/aromatic N) is 1. The summed E-state index contributed by atoms with van der Waals surface area (Å²) in [6.45, 7) is 4.08. The van der Waals surface area contributed by atoms with Gasteiger partial charge < -0.3 is 37.0 Å². The van der Waals surface area contributed by atoms with E-state index in [1.807, 2.05) is 17.5 Å². The molecule has 2 bridgehead atoms. The van der Waals surface area contributed by atoms with Crippen molar-refractivity contribution in [2.75, 3.05) is 32.8 Å². The van der Waals surface area contributed by atoms with Gasteiger partial charge in [0, 0.05) is 23.6 Å². The lowest BCUT2D eigenvalue weighted by molar-refractivity contribution is -0.944. The Labute approximate surface area is 176 Å². The Morgan fingerprint density at radius 3 is 2.56 bits per heavy atom. The quantitative estimate of drug-likeness (QED) is 0.471. The molecule has 1 saturated carbocycles. The van der Waals surface area contributed by atoms with Crippen LogP contribution >= 0.6 is 11.3 Å². The molecule has 3 saturated heterocycles. The topological polar surface area (TPSA) is 69.6 Å². The van der Waals surface area contributed by atoms with Crippen LogP contribution in [0.25, 0.3) is 0 Å². The van der Waals surface area contributed by atoms with E-state index in [9.17, 15) is 15.0 Å². The second-order valence-corrected chi connectivity index (χ2v) is 9.51. The van der Waals surface area contributed by atoms with Gasteiger partial charge in [0.1, 0.15) is 6.54 Å². The van der Waals surface area contributed by atoms with Gasteiger partial charge in [-0.15, -0.1) is 11.3 Å². The molecule has 1 unspecified atom stereocenters. The van der Waals surface area contributed by atoms with Crippen molar-refractivity contribution in [1.29, 1.82) is 0 Å². The number of amides is 1. The maximum absolute atomic E-state index is 13.3. The van der Waals surface area contributed by atoms with E-state index in [1.165, 1.54) is 11.3 Å². The predicted molar refractivity (Wildman–Crippen MR) is 102 cm³/mol.